The number of non-ortho nitro benzene ring substituents is 1. The molecule has 0 radical (unpaired) electrons. The van der Waals surface area contributed by atoms with E-state index in [1.165, 1.54) is 37.5 Å². The predicted molar refractivity (Wildman–Crippen MR) is 112 cm³/mol. The zero-order valence-corrected chi connectivity index (χ0v) is 17.0. The van der Waals surface area contributed by atoms with Crippen LogP contribution in [0.25, 0.3) is 6.08 Å². The first-order valence-electron chi connectivity index (χ1n) is 8.41. The molecule has 154 valence electrons. The van der Waals surface area contributed by atoms with Gasteiger partial charge in [0, 0.05) is 28.4 Å². The van der Waals surface area contributed by atoms with Gasteiger partial charge in [0.2, 0.25) is 5.91 Å². The van der Waals surface area contributed by atoms with Crippen LogP contribution < -0.4 is 10.1 Å². The quantitative estimate of drug-likeness (QED) is 0.404. The highest BCUT2D eigenvalue weighted by molar-refractivity contribution is 8.18. The van der Waals surface area contributed by atoms with Gasteiger partial charge < -0.3 is 10.1 Å². The molecule has 0 atom stereocenters. The number of nitrogens with one attached hydrogen (secondary N) is 1. The molecule has 0 saturated carbocycles. The van der Waals surface area contributed by atoms with Gasteiger partial charge in [-0.05, 0) is 42.1 Å². The number of benzene rings is 2. The largest absolute Gasteiger partial charge is 0.496 e. The fourth-order valence-electron chi connectivity index (χ4n) is 2.64. The second-order valence-electron chi connectivity index (χ2n) is 6.01. The number of hydrogen-bond donors (Lipinski definition) is 1. The number of thioether (sulfide) groups is 1. The van der Waals surface area contributed by atoms with Gasteiger partial charge in [0.15, 0.2) is 0 Å². The number of anilines is 1. The molecule has 9 nitrogen and oxygen atoms in total. The van der Waals surface area contributed by atoms with E-state index in [-0.39, 0.29) is 16.2 Å². The number of carbonyl (C=O) groups excluding carboxylic acids is 3. The Morgan fingerprint density at radius 2 is 2.07 bits per heavy atom. The van der Waals surface area contributed by atoms with Crippen LogP contribution >= 0.6 is 23.4 Å². The molecule has 0 aliphatic carbocycles. The van der Waals surface area contributed by atoms with E-state index in [0.29, 0.717) is 28.2 Å². The summed E-state index contributed by atoms with van der Waals surface area (Å²) in [6.07, 6.45) is 1.33. The summed E-state index contributed by atoms with van der Waals surface area (Å²) < 4.78 is 5.16. The van der Waals surface area contributed by atoms with Gasteiger partial charge in [-0.2, -0.15) is 0 Å². The summed E-state index contributed by atoms with van der Waals surface area (Å²) in [6.45, 7) is -0.486. The zero-order chi connectivity index (χ0) is 21.8. The molecule has 1 heterocycles. The van der Waals surface area contributed by atoms with Crippen molar-refractivity contribution in [2.75, 3.05) is 19.0 Å². The van der Waals surface area contributed by atoms with Crippen LogP contribution in [0.15, 0.2) is 47.4 Å². The van der Waals surface area contributed by atoms with Gasteiger partial charge in [0.1, 0.15) is 12.3 Å². The third kappa shape index (κ3) is 4.78. The Labute approximate surface area is 179 Å². The van der Waals surface area contributed by atoms with Crippen molar-refractivity contribution in [2.45, 2.75) is 0 Å². The van der Waals surface area contributed by atoms with E-state index in [1.54, 1.807) is 18.2 Å². The van der Waals surface area contributed by atoms with Crippen molar-refractivity contribution in [3.8, 4) is 5.75 Å². The Morgan fingerprint density at radius 1 is 1.30 bits per heavy atom. The van der Waals surface area contributed by atoms with Crippen molar-refractivity contribution >= 4 is 57.9 Å². The summed E-state index contributed by atoms with van der Waals surface area (Å²) in [7, 11) is 1.38. The van der Waals surface area contributed by atoms with Crippen LogP contribution in [-0.4, -0.2) is 40.5 Å². The Morgan fingerprint density at radius 3 is 2.73 bits per heavy atom. The number of amides is 3. The van der Waals surface area contributed by atoms with Crippen molar-refractivity contribution in [3.63, 3.8) is 0 Å². The van der Waals surface area contributed by atoms with Crippen LogP contribution in [0.5, 0.6) is 5.75 Å². The summed E-state index contributed by atoms with van der Waals surface area (Å²) in [5.41, 5.74) is 0.499. The highest BCUT2D eigenvalue weighted by atomic mass is 35.5. The number of carbonyl (C=O) groups is 3. The monoisotopic (exact) mass is 447 g/mol. The summed E-state index contributed by atoms with van der Waals surface area (Å²) >= 11 is 6.50. The fourth-order valence-corrected chi connectivity index (χ4v) is 3.66. The molecule has 0 aromatic heterocycles. The topological polar surface area (TPSA) is 119 Å². The average molecular weight is 448 g/mol. The number of nitro groups is 1. The van der Waals surface area contributed by atoms with Crippen molar-refractivity contribution in [3.05, 3.63) is 68.1 Å². The number of methoxy groups -OCH3 is 1. The second-order valence-corrected chi connectivity index (χ2v) is 7.44. The van der Waals surface area contributed by atoms with Gasteiger partial charge in [0.05, 0.1) is 16.9 Å². The molecule has 0 unspecified atom stereocenters. The minimum Gasteiger partial charge on any atom is -0.496 e. The maximum absolute atomic E-state index is 12.6. The van der Waals surface area contributed by atoms with Gasteiger partial charge >= 0.3 is 0 Å². The van der Waals surface area contributed by atoms with Crippen molar-refractivity contribution in [2.24, 2.45) is 0 Å². The molecule has 2 aromatic rings. The summed E-state index contributed by atoms with van der Waals surface area (Å²) in [5.74, 6) is -0.959. The van der Waals surface area contributed by atoms with E-state index in [1.807, 2.05) is 0 Å². The fraction of sp³-hybridized carbons (Fsp3) is 0.105. The van der Waals surface area contributed by atoms with Gasteiger partial charge in [-0.1, -0.05) is 17.7 Å². The Hall–Kier alpha value is -3.37. The molecule has 2 aromatic carbocycles. The molecule has 1 N–H and O–H groups in total. The Bertz CT molecular complexity index is 1090. The number of ether oxygens (including phenoxy) is 1. The summed E-state index contributed by atoms with van der Waals surface area (Å²) in [4.78, 5) is 48.3. The highest BCUT2D eigenvalue weighted by Crippen LogP contribution is 2.35. The van der Waals surface area contributed by atoms with Crippen LogP contribution in [0.2, 0.25) is 5.02 Å². The van der Waals surface area contributed by atoms with Crippen molar-refractivity contribution < 1.29 is 24.0 Å². The minimum atomic E-state index is -0.681. The first-order chi connectivity index (χ1) is 14.3. The standard InChI is InChI=1S/C19H14ClN3O6S/c1-29-15-6-5-14(23(27)28)7-11(15)8-16-18(25)22(19(26)30-16)10-17(24)21-13-4-2-3-12(20)9-13/h2-9H,10H2,1H3,(H,21,24)/b16-8+. The zero-order valence-electron chi connectivity index (χ0n) is 15.5. The molecule has 3 amide bonds. The van der Waals surface area contributed by atoms with Gasteiger partial charge in [-0.3, -0.25) is 29.4 Å². The van der Waals surface area contributed by atoms with E-state index >= 15 is 0 Å². The first-order valence-corrected chi connectivity index (χ1v) is 9.61. The van der Waals surface area contributed by atoms with Crippen molar-refractivity contribution in [1.29, 1.82) is 0 Å². The van der Waals surface area contributed by atoms with Crippen LogP contribution in [0, 0.1) is 10.1 Å². The van der Waals surface area contributed by atoms with Crippen LogP contribution in [0.4, 0.5) is 16.2 Å². The number of halogens is 1. The lowest BCUT2D eigenvalue weighted by Crippen LogP contribution is -2.36. The Kier molecular flexibility index (Phi) is 6.38. The van der Waals surface area contributed by atoms with Gasteiger partial charge in [-0.15, -0.1) is 0 Å². The van der Waals surface area contributed by atoms with Crippen LogP contribution in [0.1, 0.15) is 5.56 Å². The normalized spacial score (nSPS) is 14.9. The van der Waals surface area contributed by atoms with E-state index in [4.69, 9.17) is 16.3 Å². The van der Waals surface area contributed by atoms with Crippen molar-refractivity contribution in [1.82, 2.24) is 4.90 Å². The SMILES string of the molecule is COc1ccc([N+](=O)[O-])cc1/C=C1/SC(=O)N(CC(=O)Nc2cccc(Cl)c2)C1=O. The molecule has 11 heteroatoms. The molecule has 1 saturated heterocycles. The smallest absolute Gasteiger partial charge is 0.294 e. The molecule has 1 aliphatic heterocycles. The number of imide groups is 1. The highest BCUT2D eigenvalue weighted by Gasteiger charge is 2.36. The number of nitro benzene ring substituents is 1. The van der Waals surface area contributed by atoms with Crippen LogP contribution in [0.3, 0.4) is 0 Å². The molecule has 0 bridgehead atoms. The average Bonchev–Trinajstić information content (AvgIpc) is 2.95. The third-order valence-electron chi connectivity index (χ3n) is 3.99. The number of rotatable bonds is 6. The number of hydrogen-bond acceptors (Lipinski definition) is 7. The number of nitrogens with zero attached hydrogens (tertiary/aromatic N) is 2. The van der Waals surface area contributed by atoms with E-state index in [0.717, 1.165) is 4.90 Å². The molecule has 1 aliphatic rings. The minimum absolute atomic E-state index is 0.0225. The van der Waals surface area contributed by atoms with Crippen LogP contribution in [-0.2, 0) is 9.59 Å². The maximum Gasteiger partial charge on any atom is 0.294 e. The lowest BCUT2D eigenvalue weighted by molar-refractivity contribution is -0.384. The lowest BCUT2D eigenvalue weighted by atomic mass is 10.1. The summed E-state index contributed by atoms with van der Waals surface area (Å²) in [6, 6.07) is 10.3. The third-order valence-corrected chi connectivity index (χ3v) is 5.14. The first kappa shape index (κ1) is 21.3. The van der Waals surface area contributed by atoms with E-state index < -0.39 is 28.5 Å². The van der Waals surface area contributed by atoms with E-state index in [2.05, 4.69) is 5.32 Å². The predicted octanol–water partition coefficient (Wildman–Crippen LogP) is 3.93. The molecular formula is C19H14ClN3O6S. The maximum atomic E-state index is 12.6. The molecule has 1 fully saturated rings. The van der Waals surface area contributed by atoms with Gasteiger partial charge in [0.25, 0.3) is 16.8 Å². The molecular weight excluding hydrogens is 434 g/mol. The Balaban J connectivity index is 1.78. The van der Waals surface area contributed by atoms with Gasteiger partial charge in [-0.25, -0.2) is 0 Å². The second kappa shape index (κ2) is 8.97. The summed E-state index contributed by atoms with van der Waals surface area (Å²) in [5, 5.41) is 13.4. The lowest BCUT2D eigenvalue weighted by Gasteiger charge is -2.12. The molecule has 0 spiro atoms. The van der Waals surface area contributed by atoms with E-state index in [9.17, 15) is 24.5 Å². The molecule has 30 heavy (non-hydrogen) atoms. The molecule has 3 rings (SSSR count).